The fourth-order valence-electron chi connectivity index (χ4n) is 1.87. The zero-order chi connectivity index (χ0) is 12.6. The van der Waals surface area contributed by atoms with Crippen LogP contribution in [0.3, 0.4) is 0 Å². The number of rotatable bonds is 2. The third-order valence-corrected chi connectivity index (χ3v) is 2.75. The van der Waals surface area contributed by atoms with Gasteiger partial charge in [0, 0.05) is 5.56 Å². The third kappa shape index (κ3) is 2.19. The highest BCUT2D eigenvalue weighted by Crippen LogP contribution is 2.25. The number of halogens is 1. The van der Waals surface area contributed by atoms with Gasteiger partial charge in [0.15, 0.2) is 5.78 Å². The molecule has 1 aromatic rings. The van der Waals surface area contributed by atoms with Crippen molar-refractivity contribution in [1.29, 1.82) is 0 Å². The number of carbonyl (C=O) groups excluding carboxylic acids is 2. The van der Waals surface area contributed by atoms with Crippen LogP contribution in [0.25, 0.3) is 0 Å². The van der Waals surface area contributed by atoms with Crippen LogP contribution in [-0.4, -0.2) is 29.4 Å². The van der Waals surface area contributed by atoms with Crippen molar-refractivity contribution in [2.75, 3.05) is 11.4 Å². The van der Waals surface area contributed by atoms with Gasteiger partial charge in [-0.2, -0.15) is 0 Å². The van der Waals surface area contributed by atoms with Gasteiger partial charge in [0.25, 0.3) is 0 Å². The van der Waals surface area contributed by atoms with Crippen LogP contribution >= 0.6 is 0 Å². The molecule has 90 valence electrons. The average Bonchev–Trinajstić information content (AvgIpc) is 2.57. The smallest absolute Gasteiger partial charge is 0.229 e. The van der Waals surface area contributed by atoms with E-state index in [2.05, 4.69) is 0 Å². The number of anilines is 1. The zero-order valence-corrected chi connectivity index (χ0v) is 9.31. The molecule has 2 rings (SSSR count). The Balaban J connectivity index is 2.34. The highest BCUT2D eigenvalue weighted by molar-refractivity contribution is 5.98. The van der Waals surface area contributed by atoms with Crippen LogP contribution in [0.15, 0.2) is 18.2 Å². The average molecular weight is 237 g/mol. The number of carbonyl (C=O) groups is 2. The topological polar surface area (TPSA) is 57.6 Å². The van der Waals surface area contributed by atoms with E-state index in [-0.39, 0.29) is 35.9 Å². The summed E-state index contributed by atoms with van der Waals surface area (Å²) < 4.78 is 13.7. The molecule has 1 aromatic carbocycles. The van der Waals surface area contributed by atoms with Crippen LogP contribution in [0.4, 0.5) is 10.1 Å². The number of benzene rings is 1. The lowest BCUT2D eigenvalue weighted by molar-refractivity contribution is -0.117. The molecule has 1 heterocycles. The number of hydrogen-bond acceptors (Lipinski definition) is 3. The van der Waals surface area contributed by atoms with Gasteiger partial charge in [-0.15, -0.1) is 0 Å². The van der Waals surface area contributed by atoms with E-state index in [9.17, 15) is 19.1 Å². The summed E-state index contributed by atoms with van der Waals surface area (Å²) in [5, 5.41) is 9.33. The Kier molecular flexibility index (Phi) is 2.93. The first-order valence-corrected chi connectivity index (χ1v) is 5.28. The SMILES string of the molecule is CC(=O)c1ccc(N2CC(O)CC2=O)c(F)c1. The zero-order valence-electron chi connectivity index (χ0n) is 9.31. The van der Waals surface area contributed by atoms with Crippen molar-refractivity contribution in [3.05, 3.63) is 29.6 Å². The number of ketones is 1. The predicted molar refractivity (Wildman–Crippen MR) is 59.4 cm³/mol. The fourth-order valence-corrected chi connectivity index (χ4v) is 1.87. The molecule has 0 radical (unpaired) electrons. The van der Waals surface area contributed by atoms with Gasteiger partial charge >= 0.3 is 0 Å². The molecular formula is C12H12FNO3. The minimum absolute atomic E-state index is 0.00784. The molecule has 1 N–H and O–H groups in total. The lowest BCUT2D eigenvalue weighted by Crippen LogP contribution is -2.26. The van der Waals surface area contributed by atoms with Crippen molar-refractivity contribution in [2.45, 2.75) is 19.4 Å². The number of aliphatic hydroxyl groups is 1. The van der Waals surface area contributed by atoms with Crippen molar-refractivity contribution in [3.8, 4) is 0 Å². The van der Waals surface area contributed by atoms with Crippen LogP contribution in [0.1, 0.15) is 23.7 Å². The van der Waals surface area contributed by atoms with Gasteiger partial charge < -0.3 is 10.0 Å². The summed E-state index contributed by atoms with van der Waals surface area (Å²) in [4.78, 5) is 23.7. The van der Waals surface area contributed by atoms with Crippen LogP contribution in [0.2, 0.25) is 0 Å². The van der Waals surface area contributed by atoms with Crippen molar-refractivity contribution >= 4 is 17.4 Å². The van der Waals surface area contributed by atoms with Gasteiger partial charge in [-0.25, -0.2) is 4.39 Å². The molecule has 5 heteroatoms. The second-order valence-corrected chi connectivity index (χ2v) is 4.08. The Morgan fingerprint density at radius 2 is 2.24 bits per heavy atom. The molecule has 0 bridgehead atoms. The van der Waals surface area contributed by atoms with Crippen molar-refractivity contribution in [2.24, 2.45) is 0 Å². The van der Waals surface area contributed by atoms with Gasteiger partial charge in [0.1, 0.15) is 5.82 Å². The summed E-state index contributed by atoms with van der Waals surface area (Å²) >= 11 is 0. The Morgan fingerprint density at radius 1 is 1.53 bits per heavy atom. The first-order chi connectivity index (χ1) is 7.99. The summed E-state index contributed by atoms with van der Waals surface area (Å²) in [5.74, 6) is -1.17. The van der Waals surface area contributed by atoms with E-state index < -0.39 is 11.9 Å². The molecule has 0 aliphatic carbocycles. The van der Waals surface area contributed by atoms with Gasteiger partial charge in [-0.3, -0.25) is 9.59 Å². The summed E-state index contributed by atoms with van der Waals surface area (Å²) in [6, 6.07) is 3.97. The number of β-amino-alcohol motifs (C(OH)–C–C–N with tert-alkyl or cyclic N) is 1. The summed E-state index contributed by atoms with van der Waals surface area (Å²) in [7, 11) is 0. The monoisotopic (exact) mass is 237 g/mol. The van der Waals surface area contributed by atoms with E-state index >= 15 is 0 Å². The van der Waals surface area contributed by atoms with Crippen molar-refractivity contribution in [1.82, 2.24) is 0 Å². The number of Topliss-reactive ketones (excluding diaryl/α,β-unsaturated/α-hetero) is 1. The molecule has 1 saturated heterocycles. The van der Waals surface area contributed by atoms with E-state index in [1.165, 1.54) is 24.0 Å². The highest BCUT2D eigenvalue weighted by atomic mass is 19.1. The van der Waals surface area contributed by atoms with Crippen LogP contribution < -0.4 is 4.90 Å². The largest absolute Gasteiger partial charge is 0.391 e. The second kappa shape index (κ2) is 4.25. The van der Waals surface area contributed by atoms with Gasteiger partial charge in [0.2, 0.25) is 5.91 Å². The molecule has 1 unspecified atom stereocenters. The minimum atomic E-state index is -0.755. The van der Waals surface area contributed by atoms with Gasteiger partial charge in [-0.1, -0.05) is 0 Å². The molecule has 1 fully saturated rings. The van der Waals surface area contributed by atoms with E-state index in [0.29, 0.717) is 0 Å². The normalized spacial score (nSPS) is 19.8. The minimum Gasteiger partial charge on any atom is -0.391 e. The van der Waals surface area contributed by atoms with Crippen molar-refractivity contribution in [3.63, 3.8) is 0 Å². The standard InChI is InChI=1S/C12H12FNO3/c1-7(15)8-2-3-11(10(13)4-8)14-6-9(16)5-12(14)17/h2-4,9,16H,5-6H2,1H3. The Hall–Kier alpha value is -1.75. The fraction of sp³-hybridized carbons (Fsp3) is 0.333. The number of hydrogen-bond donors (Lipinski definition) is 1. The predicted octanol–water partition coefficient (Wildman–Crippen LogP) is 1.13. The Morgan fingerprint density at radius 3 is 2.71 bits per heavy atom. The van der Waals surface area contributed by atoms with E-state index in [1.807, 2.05) is 0 Å². The molecule has 1 aliphatic heterocycles. The molecule has 0 aromatic heterocycles. The van der Waals surface area contributed by atoms with Gasteiger partial charge in [-0.05, 0) is 25.1 Å². The summed E-state index contributed by atoms with van der Waals surface area (Å²) in [5.41, 5.74) is 0.370. The van der Waals surface area contributed by atoms with E-state index in [0.717, 1.165) is 6.07 Å². The van der Waals surface area contributed by atoms with Crippen LogP contribution in [0, 0.1) is 5.82 Å². The maximum Gasteiger partial charge on any atom is 0.229 e. The lowest BCUT2D eigenvalue weighted by atomic mass is 10.1. The maximum atomic E-state index is 13.7. The maximum absolute atomic E-state index is 13.7. The molecule has 0 spiro atoms. The van der Waals surface area contributed by atoms with Crippen molar-refractivity contribution < 1.29 is 19.1 Å². The third-order valence-electron chi connectivity index (χ3n) is 2.75. The number of aliphatic hydroxyl groups excluding tert-OH is 1. The Bertz CT molecular complexity index is 487. The molecule has 4 nitrogen and oxygen atoms in total. The lowest BCUT2D eigenvalue weighted by Gasteiger charge is -2.16. The molecule has 17 heavy (non-hydrogen) atoms. The van der Waals surface area contributed by atoms with Crippen LogP contribution in [-0.2, 0) is 4.79 Å². The number of amides is 1. The Labute approximate surface area is 97.7 Å². The molecular weight excluding hydrogens is 225 g/mol. The highest BCUT2D eigenvalue weighted by Gasteiger charge is 2.30. The molecule has 1 atom stereocenters. The summed E-state index contributed by atoms with van der Waals surface area (Å²) in [6.45, 7) is 1.44. The van der Waals surface area contributed by atoms with E-state index in [1.54, 1.807) is 0 Å². The molecule has 0 saturated carbocycles. The second-order valence-electron chi connectivity index (χ2n) is 4.08. The van der Waals surface area contributed by atoms with Crippen LogP contribution in [0.5, 0.6) is 0 Å². The quantitative estimate of drug-likeness (QED) is 0.784. The van der Waals surface area contributed by atoms with Gasteiger partial charge in [0.05, 0.1) is 24.8 Å². The number of nitrogens with zero attached hydrogens (tertiary/aromatic N) is 1. The summed E-state index contributed by atoms with van der Waals surface area (Å²) in [6.07, 6.45) is -0.747. The molecule has 1 aliphatic rings. The first-order valence-electron chi connectivity index (χ1n) is 5.28. The first kappa shape index (κ1) is 11.7. The van der Waals surface area contributed by atoms with E-state index in [4.69, 9.17) is 0 Å². The molecule has 1 amide bonds.